The number of furan rings is 1. The van der Waals surface area contributed by atoms with Crippen LogP contribution in [0.15, 0.2) is 16.7 Å². The maximum Gasteiger partial charge on any atom is 0.109 e. The fourth-order valence-electron chi connectivity index (χ4n) is 1.44. The average molecular weight is 191 g/mol. The Morgan fingerprint density at radius 2 is 2.36 bits per heavy atom. The minimum absolute atomic E-state index is 0.0105. The summed E-state index contributed by atoms with van der Waals surface area (Å²) in [6.45, 7) is 5.12. The van der Waals surface area contributed by atoms with Crippen molar-refractivity contribution in [2.45, 2.75) is 32.7 Å². The Hall–Kier alpha value is -1.20. The lowest BCUT2D eigenvalue weighted by atomic mass is 10.1. The van der Waals surface area contributed by atoms with E-state index in [1.54, 1.807) is 6.26 Å². The van der Waals surface area contributed by atoms with E-state index < -0.39 is 0 Å². The fourth-order valence-corrected chi connectivity index (χ4v) is 1.44. The van der Waals surface area contributed by atoms with Crippen LogP contribution < -0.4 is 5.32 Å². The highest BCUT2D eigenvalue weighted by molar-refractivity contribution is 5.27. The van der Waals surface area contributed by atoms with Gasteiger partial charge < -0.3 is 4.42 Å². The second kappa shape index (κ2) is 5.51. The zero-order valence-electron chi connectivity index (χ0n) is 8.84. The topological polar surface area (TPSA) is 25.2 Å². The van der Waals surface area contributed by atoms with Crippen LogP contribution >= 0.6 is 0 Å². The molecule has 0 radical (unpaired) electrons. The van der Waals surface area contributed by atoms with Crippen molar-refractivity contribution in [2.75, 3.05) is 6.54 Å². The largest absolute Gasteiger partial charge is 0.469 e. The van der Waals surface area contributed by atoms with Crippen molar-refractivity contribution in [3.05, 3.63) is 23.7 Å². The molecule has 1 N–H and O–H groups in total. The van der Waals surface area contributed by atoms with Gasteiger partial charge in [-0.15, -0.1) is 6.42 Å². The second-order valence-corrected chi connectivity index (χ2v) is 3.21. The van der Waals surface area contributed by atoms with Gasteiger partial charge in [-0.25, -0.2) is 0 Å². The van der Waals surface area contributed by atoms with Crippen molar-refractivity contribution in [1.82, 2.24) is 5.32 Å². The smallest absolute Gasteiger partial charge is 0.109 e. The Morgan fingerprint density at radius 1 is 1.57 bits per heavy atom. The van der Waals surface area contributed by atoms with Crippen LogP contribution in [-0.4, -0.2) is 6.54 Å². The predicted molar refractivity (Wildman–Crippen MR) is 58.0 cm³/mol. The summed E-state index contributed by atoms with van der Waals surface area (Å²) in [6, 6.07) is 1.94. The van der Waals surface area contributed by atoms with Gasteiger partial charge >= 0.3 is 0 Å². The Morgan fingerprint density at radius 3 is 2.93 bits per heavy atom. The van der Waals surface area contributed by atoms with E-state index in [-0.39, 0.29) is 6.04 Å². The lowest BCUT2D eigenvalue weighted by Crippen LogP contribution is -2.21. The first-order chi connectivity index (χ1) is 6.83. The zero-order chi connectivity index (χ0) is 10.4. The van der Waals surface area contributed by atoms with Crippen molar-refractivity contribution < 1.29 is 4.42 Å². The molecule has 0 aliphatic carbocycles. The van der Waals surface area contributed by atoms with Crippen LogP contribution in [0.4, 0.5) is 0 Å². The highest BCUT2D eigenvalue weighted by atomic mass is 16.3. The van der Waals surface area contributed by atoms with E-state index in [0.717, 1.165) is 30.7 Å². The van der Waals surface area contributed by atoms with Gasteiger partial charge in [-0.1, -0.05) is 19.8 Å². The van der Waals surface area contributed by atoms with E-state index in [0.29, 0.717) is 0 Å². The summed E-state index contributed by atoms with van der Waals surface area (Å²) in [5, 5.41) is 3.30. The maximum absolute atomic E-state index is 5.47. The van der Waals surface area contributed by atoms with E-state index in [9.17, 15) is 0 Å². The van der Waals surface area contributed by atoms with E-state index in [1.165, 1.54) is 0 Å². The highest BCUT2D eigenvalue weighted by Gasteiger charge is 2.13. The van der Waals surface area contributed by atoms with Gasteiger partial charge in [0, 0.05) is 12.0 Å². The van der Waals surface area contributed by atoms with Gasteiger partial charge in [0.15, 0.2) is 0 Å². The van der Waals surface area contributed by atoms with Crippen LogP contribution in [-0.2, 0) is 6.42 Å². The molecule has 14 heavy (non-hydrogen) atoms. The van der Waals surface area contributed by atoms with Gasteiger partial charge in [-0.05, 0) is 19.0 Å². The minimum Gasteiger partial charge on any atom is -0.469 e. The van der Waals surface area contributed by atoms with Crippen molar-refractivity contribution in [1.29, 1.82) is 0 Å². The number of terminal acetylenes is 1. The van der Waals surface area contributed by atoms with Crippen LogP contribution in [0, 0.1) is 12.3 Å². The lowest BCUT2D eigenvalue weighted by Gasteiger charge is -2.11. The Kier molecular flexibility index (Phi) is 4.28. The first-order valence-electron chi connectivity index (χ1n) is 5.09. The van der Waals surface area contributed by atoms with Gasteiger partial charge in [0.05, 0.1) is 12.3 Å². The van der Waals surface area contributed by atoms with Gasteiger partial charge in [-0.2, -0.15) is 0 Å². The summed E-state index contributed by atoms with van der Waals surface area (Å²) in [5.41, 5.74) is 1.10. The molecule has 2 heteroatoms. The van der Waals surface area contributed by atoms with Crippen LogP contribution in [0.25, 0.3) is 0 Å². The molecule has 76 valence electrons. The molecule has 1 aromatic heterocycles. The summed E-state index contributed by atoms with van der Waals surface area (Å²) < 4.78 is 5.34. The Balaban J connectivity index is 2.74. The molecule has 0 amide bonds. The molecule has 2 nitrogen and oxygen atoms in total. The van der Waals surface area contributed by atoms with Crippen LogP contribution in [0.5, 0.6) is 0 Å². The molecule has 0 saturated carbocycles. The molecule has 1 atom stereocenters. The molecule has 1 unspecified atom stereocenters. The van der Waals surface area contributed by atoms with Crippen molar-refractivity contribution >= 4 is 0 Å². The molecule has 0 saturated heterocycles. The number of nitrogens with one attached hydrogen (secondary N) is 1. The quantitative estimate of drug-likeness (QED) is 0.723. The SMILES string of the molecule is C#CC(NCCC)c1ccoc1CC. The summed E-state index contributed by atoms with van der Waals surface area (Å²) in [7, 11) is 0. The van der Waals surface area contributed by atoms with E-state index in [2.05, 4.69) is 25.1 Å². The Bertz CT molecular complexity index is 308. The van der Waals surface area contributed by atoms with Gasteiger partial charge in [0.2, 0.25) is 0 Å². The summed E-state index contributed by atoms with van der Waals surface area (Å²) >= 11 is 0. The molecule has 0 aromatic carbocycles. The first-order valence-corrected chi connectivity index (χ1v) is 5.09. The van der Waals surface area contributed by atoms with E-state index in [4.69, 9.17) is 10.8 Å². The lowest BCUT2D eigenvalue weighted by molar-refractivity contribution is 0.503. The monoisotopic (exact) mass is 191 g/mol. The number of hydrogen-bond donors (Lipinski definition) is 1. The molecule has 0 aliphatic heterocycles. The molecule has 0 spiro atoms. The highest BCUT2D eigenvalue weighted by Crippen LogP contribution is 2.19. The van der Waals surface area contributed by atoms with Crippen LogP contribution in [0.2, 0.25) is 0 Å². The molecule has 1 rings (SSSR count). The average Bonchev–Trinajstić information content (AvgIpc) is 2.67. The van der Waals surface area contributed by atoms with Crippen molar-refractivity contribution in [3.63, 3.8) is 0 Å². The molecule has 1 aromatic rings. The van der Waals surface area contributed by atoms with Gasteiger partial charge in [0.25, 0.3) is 0 Å². The summed E-state index contributed by atoms with van der Waals surface area (Å²) in [4.78, 5) is 0. The maximum atomic E-state index is 5.47. The molecule has 0 fully saturated rings. The molecule has 0 aliphatic rings. The van der Waals surface area contributed by atoms with Crippen molar-refractivity contribution in [2.24, 2.45) is 0 Å². The van der Waals surface area contributed by atoms with Crippen LogP contribution in [0.1, 0.15) is 37.6 Å². The fraction of sp³-hybridized carbons (Fsp3) is 0.500. The molecule has 0 bridgehead atoms. The van der Waals surface area contributed by atoms with Crippen molar-refractivity contribution in [3.8, 4) is 12.3 Å². The third kappa shape index (κ3) is 2.40. The predicted octanol–water partition coefficient (Wildman–Crippen LogP) is 2.52. The molecule has 1 heterocycles. The molecular formula is C12H17NO. The normalized spacial score (nSPS) is 12.4. The third-order valence-electron chi connectivity index (χ3n) is 2.18. The van der Waals surface area contributed by atoms with E-state index >= 15 is 0 Å². The Labute approximate surface area is 85.7 Å². The van der Waals surface area contributed by atoms with Gasteiger partial charge in [-0.3, -0.25) is 5.32 Å². The van der Waals surface area contributed by atoms with Crippen LogP contribution in [0.3, 0.4) is 0 Å². The molecular weight excluding hydrogens is 174 g/mol. The number of aryl methyl sites for hydroxylation is 1. The minimum atomic E-state index is -0.0105. The first kappa shape index (κ1) is 10.9. The second-order valence-electron chi connectivity index (χ2n) is 3.21. The summed E-state index contributed by atoms with van der Waals surface area (Å²) in [6.07, 6.45) is 9.14. The standard InChI is InChI=1S/C12H17NO/c1-4-8-13-11(5-2)10-7-9-14-12(10)6-3/h2,7,9,11,13H,4,6,8H2,1,3H3. The van der Waals surface area contributed by atoms with E-state index in [1.807, 2.05) is 6.07 Å². The number of hydrogen-bond acceptors (Lipinski definition) is 2. The summed E-state index contributed by atoms with van der Waals surface area (Å²) in [5.74, 6) is 3.73. The zero-order valence-corrected chi connectivity index (χ0v) is 8.84. The number of rotatable bonds is 5. The van der Waals surface area contributed by atoms with Gasteiger partial charge in [0.1, 0.15) is 5.76 Å². The third-order valence-corrected chi connectivity index (χ3v) is 2.18.